The number of aromatic hydroxyl groups is 1. The van der Waals surface area contributed by atoms with Gasteiger partial charge in [-0.05, 0) is 41.9 Å². The Bertz CT molecular complexity index is 453. The van der Waals surface area contributed by atoms with Crippen LogP contribution in [0.5, 0.6) is 11.5 Å². The molecule has 1 aromatic carbocycles. The summed E-state index contributed by atoms with van der Waals surface area (Å²) in [6, 6.07) is 3.18. The third-order valence-electron chi connectivity index (χ3n) is 2.16. The number of benzene rings is 1. The first-order chi connectivity index (χ1) is 8.50. The molecule has 0 aromatic heterocycles. The summed E-state index contributed by atoms with van der Waals surface area (Å²) in [4.78, 5) is 0. The summed E-state index contributed by atoms with van der Waals surface area (Å²) in [7, 11) is -2.17. The number of hydrogen-bond donors (Lipinski definition) is 1. The molecule has 0 spiro atoms. The molecule has 0 bridgehead atoms. The molecular formula is C11H16BrO5P. The van der Waals surface area contributed by atoms with E-state index in [9.17, 15) is 9.67 Å². The van der Waals surface area contributed by atoms with Crippen molar-refractivity contribution in [1.82, 2.24) is 0 Å². The fraction of sp³-hybridized carbons (Fsp3) is 0.455. The molecule has 0 fully saturated rings. The quantitative estimate of drug-likeness (QED) is 0.807. The summed E-state index contributed by atoms with van der Waals surface area (Å²) in [5, 5.41) is 10.1. The lowest BCUT2D eigenvalue weighted by atomic mass is 10.3. The van der Waals surface area contributed by atoms with E-state index in [2.05, 4.69) is 15.9 Å². The van der Waals surface area contributed by atoms with Crippen LogP contribution in [0.3, 0.4) is 0 Å². The zero-order valence-corrected chi connectivity index (χ0v) is 13.0. The summed E-state index contributed by atoms with van der Waals surface area (Å²) < 4.78 is 28.6. The molecule has 18 heavy (non-hydrogen) atoms. The smallest absolute Gasteiger partial charge is 0.368 e. The van der Waals surface area contributed by atoms with E-state index in [0.717, 1.165) is 0 Å². The van der Waals surface area contributed by atoms with E-state index in [-0.39, 0.29) is 30.0 Å². The molecule has 0 radical (unpaired) electrons. The Labute approximate surface area is 115 Å². The van der Waals surface area contributed by atoms with Gasteiger partial charge >= 0.3 is 7.60 Å². The van der Waals surface area contributed by atoms with Crippen molar-refractivity contribution in [2.45, 2.75) is 13.8 Å². The van der Waals surface area contributed by atoms with E-state index < -0.39 is 7.60 Å². The van der Waals surface area contributed by atoms with Gasteiger partial charge in [0.2, 0.25) is 0 Å². The molecule has 0 saturated carbocycles. The molecule has 0 heterocycles. The van der Waals surface area contributed by atoms with E-state index >= 15 is 0 Å². The zero-order chi connectivity index (χ0) is 13.8. The number of phenolic OH excluding ortho intramolecular Hbond substituents is 1. The maximum Gasteiger partial charge on any atom is 0.368 e. The van der Waals surface area contributed by atoms with Gasteiger partial charge in [-0.3, -0.25) is 4.57 Å². The lowest BCUT2D eigenvalue weighted by Crippen LogP contribution is -2.14. The Balaban J connectivity index is 3.43. The van der Waals surface area contributed by atoms with Crippen LogP contribution >= 0.6 is 23.5 Å². The van der Waals surface area contributed by atoms with Crippen LogP contribution < -0.4 is 10.0 Å². The minimum absolute atomic E-state index is 0.0445. The van der Waals surface area contributed by atoms with Gasteiger partial charge in [-0.2, -0.15) is 0 Å². The highest BCUT2D eigenvalue weighted by atomic mass is 79.9. The second-order valence-corrected chi connectivity index (χ2v) is 6.09. The van der Waals surface area contributed by atoms with Crippen LogP contribution in [-0.2, 0) is 13.6 Å². The third kappa shape index (κ3) is 3.06. The van der Waals surface area contributed by atoms with Crippen molar-refractivity contribution < 1.29 is 23.5 Å². The molecule has 1 rings (SSSR count). The van der Waals surface area contributed by atoms with Crippen LogP contribution in [0.4, 0.5) is 0 Å². The molecule has 0 unspecified atom stereocenters. The highest BCUT2D eigenvalue weighted by Crippen LogP contribution is 2.52. The van der Waals surface area contributed by atoms with E-state index in [1.165, 1.54) is 7.11 Å². The van der Waals surface area contributed by atoms with Gasteiger partial charge in [0.05, 0.1) is 24.8 Å². The van der Waals surface area contributed by atoms with Crippen LogP contribution in [0.25, 0.3) is 0 Å². The van der Waals surface area contributed by atoms with Crippen LogP contribution in [0.15, 0.2) is 16.6 Å². The highest BCUT2D eigenvalue weighted by molar-refractivity contribution is 9.10. The SMILES string of the molecule is CCOP(=O)(OCC)c1c(OC)ccc(Br)c1O. The summed E-state index contributed by atoms with van der Waals surface area (Å²) in [6.45, 7) is 3.80. The van der Waals surface area contributed by atoms with Crippen LogP contribution in [0.2, 0.25) is 0 Å². The molecule has 0 aliphatic rings. The Morgan fingerprint density at radius 3 is 2.28 bits per heavy atom. The second-order valence-electron chi connectivity index (χ2n) is 3.28. The van der Waals surface area contributed by atoms with E-state index in [1.54, 1.807) is 26.0 Å². The van der Waals surface area contributed by atoms with Crippen molar-refractivity contribution in [2.75, 3.05) is 20.3 Å². The molecule has 0 amide bonds. The number of ether oxygens (including phenoxy) is 1. The number of phenols is 1. The van der Waals surface area contributed by atoms with Gasteiger partial charge in [0.25, 0.3) is 0 Å². The summed E-state index contributed by atoms with van der Waals surface area (Å²) in [6.07, 6.45) is 0. The van der Waals surface area contributed by atoms with Gasteiger partial charge in [0.15, 0.2) is 0 Å². The first-order valence-electron chi connectivity index (χ1n) is 5.45. The molecule has 0 atom stereocenters. The predicted octanol–water partition coefficient (Wildman–Crippen LogP) is 3.05. The fourth-order valence-corrected chi connectivity index (χ4v) is 3.78. The molecule has 0 saturated heterocycles. The number of halogens is 1. The standard InChI is InChI=1S/C11H16BrO5P/c1-4-16-18(14,17-5-2)11-9(15-3)7-6-8(12)10(11)13/h6-7,13H,4-5H2,1-3H3. The molecule has 102 valence electrons. The Morgan fingerprint density at radius 2 is 1.83 bits per heavy atom. The minimum atomic E-state index is -3.60. The Hall–Kier alpha value is -0.550. The van der Waals surface area contributed by atoms with Gasteiger partial charge < -0.3 is 18.9 Å². The van der Waals surface area contributed by atoms with Crippen molar-refractivity contribution >= 4 is 28.8 Å². The van der Waals surface area contributed by atoms with Gasteiger partial charge in [-0.1, -0.05) is 0 Å². The Kier molecular flexibility index (Phi) is 5.66. The molecule has 0 aliphatic heterocycles. The third-order valence-corrected chi connectivity index (χ3v) is 4.97. The molecule has 7 heteroatoms. The van der Waals surface area contributed by atoms with E-state index in [1.807, 2.05) is 0 Å². The van der Waals surface area contributed by atoms with Crippen molar-refractivity contribution in [1.29, 1.82) is 0 Å². The van der Waals surface area contributed by atoms with Gasteiger partial charge in [0.1, 0.15) is 16.8 Å². The van der Waals surface area contributed by atoms with E-state index in [0.29, 0.717) is 4.47 Å². The fourth-order valence-electron chi connectivity index (χ4n) is 1.47. The monoisotopic (exact) mass is 338 g/mol. The first-order valence-corrected chi connectivity index (χ1v) is 7.78. The van der Waals surface area contributed by atoms with Crippen molar-refractivity contribution in [3.05, 3.63) is 16.6 Å². The van der Waals surface area contributed by atoms with Crippen LogP contribution in [0.1, 0.15) is 13.8 Å². The van der Waals surface area contributed by atoms with Crippen molar-refractivity contribution in [3.8, 4) is 11.5 Å². The molecule has 5 nitrogen and oxygen atoms in total. The van der Waals surface area contributed by atoms with Crippen molar-refractivity contribution in [3.63, 3.8) is 0 Å². The Morgan fingerprint density at radius 1 is 1.28 bits per heavy atom. The molecule has 1 aromatic rings. The summed E-state index contributed by atoms with van der Waals surface area (Å²) >= 11 is 3.17. The first kappa shape index (κ1) is 15.5. The number of hydrogen-bond acceptors (Lipinski definition) is 5. The summed E-state index contributed by atoms with van der Waals surface area (Å²) in [5.41, 5.74) is 0. The van der Waals surface area contributed by atoms with Crippen molar-refractivity contribution in [2.24, 2.45) is 0 Å². The molecular weight excluding hydrogens is 323 g/mol. The van der Waals surface area contributed by atoms with Gasteiger partial charge in [-0.15, -0.1) is 0 Å². The zero-order valence-electron chi connectivity index (χ0n) is 10.5. The van der Waals surface area contributed by atoms with Gasteiger partial charge in [0, 0.05) is 0 Å². The lowest BCUT2D eigenvalue weighted by molar-refractivity contribution is 0.228. The largest absolute Gasteiger partial charge is 0.506 e. The normalized spacial score (nSPS) is 11.6. The minimum Gasteiger partial charge on any atom is -0.506 e. The molecule has 1 N–H and O–H groups in total. The van der Waals surface area contributed by atoms with Gasteiger partial charge in [-0.25, -0.2) is 0 Å². The molecule has 0 aliphatic carbocycles. The average Bonchev–Trinajstić information content (AvgIpc) is 2.32. The number of rotatable bonds is 6. The highest BCUT2D eigenvalue weighted by Gasteiger charge is 2.34. The maximum atomic E-state index is 12.7. The van der Waals surface area contributed by atoms with Crippen LogP contribution in [-0.4, -0.2) is 25.4 Å². The average molecular weight is 339 g/mol. The number of methoxy groups -OCH3 is 1. The lowest BCUT2D eigenvalue weighted by Gasteiger charge is -2.20. The van der Waals surface area contributed by atoms with E-state index in [4.69, 9.17) is 13.8 Å². The second kappa shape index (κ2) is 6.57. The summed E-state index contributed by atoms with van der Waals surface area (Å²) in [5.74, 6) is 0.0699. The predicted molar refractivity (Wildman–Crippen MR) is 72.9 cm³/mol. The maximum absolute atomic E-state index is 12.7. The topological polar surface area (TPSA) is 65.0 Å². The van der Waals surface area contributed by atoms with Crippen LogP contribution in [0, 0.1) is 0 Å².